The van der Waals surface area contributed by atoms with Gasteiger partial charge in [0.2, 0.25) is 0 Å². The smallest absolute Gasteiger partial charge is 0.0670 e. The summed E-state index contributed by atoms with van der Waals surface area (Å²) in [5.41, 5.74) is 0.974. The predicted octanol–water partition coefficient (Wildman–Crippen LogP) is 7.84. The monoisotopic (exact) mass is 466 g/mol. The maximum absolute atomic E-state index is 10.7. The summed E-state index contributed by atoms with van der Waals surface area (Å²) in [6, 6.07) is 0. The maximum Gasteiger partial charge on any atom is 0.0670 e. The van der Waals surface area contributed by atoms with Crippen LogP contribution in [-0.4, -0.2) is 16.0 Å². The van der Waals surface area contributed by atoms with Gasteiger partial charge in [-0.15, -0.1) is 0 Å². The molecule has 168 valence electrons. The van der Waals surface area contributed by atoms with Crippen molar-refractivity contribution in [2.75, 3.05) is 0 Å². The van der Waals surface area contributed by atoms with E-state index in [9.17, 15) is 5.11 Å². The van der Waals surface area contributed by atoms with Gasteiger partial charge in [0.05, 0.1) is 6.10 Å². The molecular formula is C27H47BrO. The van der Waals surface area contributed by atoms with E-state index in [0.29, 0.717) is 15.7 Å². The molecule has 0 spiro atoms. The molecule has 4 aliphatic carbocycles. The van der Waals surface area contributed by atoms with Gasteiger partial charge in [-0.25, -0.2) is 0 Å². The van der Waals surface area contributed by atoms with Crippen molar-refractivity contribution in [3.05, 3.63) is 0 Å². The number of aliphatic hydroxyl groups is 1. The van der Waals surface area contributed by atoms with Crippen LogP contribution in [0.5, 0.6) is 0 Å². The topological polar surface area (TPSA) is 20.2 Å². The van der Waals surface area contributed by atoms with Crippen molar-refractivity contribution in [1.82, 2.24) is 0 Å². The highest BCUT2D eigenvalue weighted by molar-refractivity contribution is 9.09. The summed E-state index contributed by atoms with van der Waals surface area (Å²) in [6.45, 7) is 12.6. The second kappa shape index (κ2) is 8.42. The molecule has 0 radical (unpaired) electrons. The molecule has 1 unspecified atom stereocenters. The summed E-state index contributed by atoms with van der Waals surface area (Å²) in [5, 5.41) is 10.7. The molecular weight excluding hydrogens is 420 g/mol. The predicted molar refractivity (Wildman–Crippen MR) is 127 cm³/mol. The molecule has 4 fully saturated rings. The number of rotatable bonds is 5. The van der Waals surface area contributed by atoms with Crippen LogP contribution >= 0.6 is 15.9 Å². The molecule has 4 rings (SSSR count). The maximum atomic E-state index is 10.7. The van der Waals surface area contributed by atoms with Crippen molar-refractivity contribution in [2.24, 2.45) is 52.3 Å². The Morgan fingerprint density at radius 2 is 1.66 bits per heavy atom. The van der Waals surface area contributed by atoms with Crippen LogP contribution < -0.4 is 0 Å². The quantitative estimate of drug-likeness (QED) is 0.408. The Morgan fingerprint density at radius 1 is 0.931 bits per heavy atom. The van der Waals surface area contributed by atoms with Crippen molar-refractivity contribution >= 4 is 15.9 Å². The van der Waals surface area contributed by atoms with Crippen LogP contribution in [0.4, 0.5) is 0 Å². The van der Waals surface area contributed by atoms with Crippen LogP contribution in [0.1, 0.15) is 105 Å². The van der Waals surface area contributed by atoms with Crippen molar-refractivity contribution in [1.29, 1.82) is 0 Å². The van der Waals surface area contributed by atoms with Crippen LogP contribution in [0.3, 0.4) is 0 Å². The van der Waals surface area contributed by atoms with E-state index in [-0.39, 0.29) is 6.10 Å². The normalized spacial score (nSPS) is 50.7. The number of hydrogen-bond donors (Lipinski definition) is 1. The molecule has 1 N–H and O–H groups in total. The highest BCUT2D eigenvalue weighted by Crippen LogP contribution is 2.68. The van der Waals surface area contributed by atoms with Gasteiger partial charge in [0.25, 0.3) is 0 Å². The highest BCUT2D eigenvalue weighted by Gasteiger charge is 2.61. The third-order valence-electron chi connectivity index (χ3n) is 10.8. The Bertz CT molecular complexity index is 575. The Hall–Kier alpha value is 0.440. The number of fused-ring (bicyclic) bond motifs is 5. The zero-order valence-corrected chi connectivity index (χ0v) is 21.4. The fraction of sp³-hybridized carbons (Fsp3) is 1.00. The lowest BCUT2D eigenvalue weighted by molar-refractivity contribution is -0.130. The fourth-order valence-electron chi connectivity index (χ4n) is 9.27. The molecule has 0 bridgehead atoms. The summed E-state index contributed by atoms with van der Waals surface area (Å²) in [7, 11) is 0. The zero-order chi connectivity index (χ0) is 21.0. The van der Waals surface area contributed by atoms with Gasteiger partial charge in [-0.05, 0) is 104 Å². The first-order valence-electron chi connectivity index (χ1n) is 13.0. The Balaban J connectivity index is 1.47. The third kappa shape index (κ3) is 3.90. The van der Waals surface area contributed by atoms with E-state index in [0.717, 1.165) is 47.8 Å². The minimum absolute atomic E-state index is 0.138. The molecule has 4 saturated carbocycles. The summed E-state index contributed by atoms with van der Waals surface area (Å²) in [6.07, 6.45) is 15.1. The molecule has 10 atom stereocenters. The van der Waals surface area contributed by atoms with Gasteiger partial charge in [-0.2, -0.15) is 0 Å². The summed E-state index contributed by atoms with van der Waals surface area (Å²) >= 11 is 3.78. The lowest BCUT2D eigenvalue weighted by atomic mass is 9.44. The summed E-state index contributed by atoms with van der Waals surface area (Å²) in [4.78, 5) is 0.327. The van der Waals surface area contributed by atoms with Crippen LogP contribution in [0, 0.1) is 52.3 Å². The van der Waals surface area contributed by atoms with Crippen molar-refractivity contribution < 1.29 is 5.11 Å². The molecule has 4 aliphatic rings. The molecule has 1 nitrogen and oxygen atoms in total. The first-order chi connectivity index (χ1) is 13.7. The van der Waals surface area contributed by atoms with Crippen LogP contribution in [0.25, 0.3) is 0 Å². The first kappa shape index (κ1) is 22.6. The molecule has 0 aromatic rings. The number of aliphatic hydroxyl groups excluding tert-OH is 1. The van der Waals surface area contributed by atoms with Gasteiger partial charge in [0.15, 0.2) is 0 Å². The molecule has 0 saturated heterocycles. The molecule has 0 aromatic heterocycles. The lowest BCUT2D eigenvalue weighted by Crippen LogP contribution is -2.56. The zero-order valence-electron chi connectivity index (χ0n) is 19.8. The largest absolute Gasteiger partial charge is 0.392 e. The number of halogens is 1. The fourth-order valence-corrected chi connectivity index (χ4v) is 9.91. The number of alkyl halides is 1. The van der Waals surface area contributed by atoms with Gasteiger partial charge in [-0.3, -0.25) is 0 Å². The standard InChI is InChI=1S/C27H47BrO/c1-17(2)7-6-8-18(3)21-11-12-22-20-10-9-19-15-24(28)25(29)16-27(19,5)23(20)13-14-26(21,22)4/h17-25,29H,6-16H2,1-5H3/t18-,19?,20+,21-,22+,23+,24-,25-,26-,27+/m1/s1. The van der Waals surface area contributed by atoms with E-state index < -0.39 is 0 Å². The van der Waals surface area contributed by atoms with Gasteiger partial charge >= 0.3 is 0 Å². The third-order valence-corrected chi connectivity index (χ3v) is 11.8. The molecule has 0 aromatic carbocycles. The van der Waals surface area contributed by atoms with Gasteiger partial charge in [-0.1, -0.05) is 69.8 Å². The van der Waals surface area contributed by atoms with E-state index >= 15 is 0 Å². The number of hydrogen-bond acceptors (Lipinski definition) is 1. The first-order valence-corrected chi connectivity index (χ1v) is 13.9. The van der Waals surface area contributed by atoms with Crippen LogP contribution in [0.15, 0.2) is 0 Å². The van der Waals surface area contributed by atoms with Gasteiger partial charge in [0.1, 0.15) is 0 Å². The van der Waals surface area contributed by atoms with Crippen molar-refractivity contribution in [3.63, 3.8) is 0 Å². The summed E-state index contributed by atoms with van der Waals surface area (Å²) in [5.74, 6) is 6.28. The SMILES string of the molecule is CC(C)CCC[C@@H](C)[C@H]1CC[C@H]2[C@@H]3CCC4C[C@@H](Br)[C@H](O)C[C@]4(C)[C@H]3CC[C@]12C. The molecule has 0 amide bonds. The van der Waals surface area contributed by atoms with Crippen molar-refractivity contribution in [2.45, 2.75) is 116 Å². The van der Waals surface area contributed by atoms with Crippen molar-refractivity contribution in [3.8, 4) is 0 Å². The summed E-state index contributed by atoms with van der Waals surface area (Å²) < 4.78 is 0. The molecule has 0 heterocycles. The minimum atomic E-state index is -0.138. The minimum Gasteiger partial charge on any atom is -0.392 e. The Labute approximate surface area is 189 Å². The highest BCUT2D eigenvalue weighted by atomic mass is 79.9. The van der Waals surface area contributed by atoms with E-state index in [1.807, 2.05) is 0 Å². The van der Waals surface area contributed by atoms with Gasteiger partial charge < -0.3 is 5.11 Å². The second-order valence-corrected chi connectivity index (χ2v) is 13.9. The molecule has 29 heavy (non-hydrogen) atoms. The molecule has 2 heteroatoms. The van der Waals surface area contributed by atoms with Gasteiger partial charge in [0, 0.05) is 4.83 Å². The van der Waals surface area contributed by atoms with E-state index in [4.69, 9.17) is 0 Å². The lowest BCUT2D eigenvalue weighted by Gasteiger charge is -2.61. The Kier molecular flexibility index (Phi) is 6.57. The molecule has 0 aliphatic heterocycles. The average molecular weight is 468 g/mol. The van der Waals surface area contributed by atoms with E-state index in [1.54, 1.807) is 0 Å². The van der Waals surface area contributed by atoms with Crippen LogP contribution in [0.2, 0.25) is 0 Å². The average Bonchev–Trinajstić information content (AvgIpc) is 3.00. The second-order valence-electron chi connectivity index (χ2n) is 12.7. The van der Waals surface area contributed by atoms with Crippen LogP contribution in [-0.2, 0) is 0 Å². The Morgan fingerprint density at radius 3 is 2.38 bits per heavy atom. The van der Waals surface area contributed by atoms with E-state index in [2.05, 4.69) is 50.5 Å². The van der Waals surface area contributed by atoms with E-state index in [1.165, 1.54) is 64.2 Å².